The number of hydrogen-bond acceptors (Lipinski definition) is 3. The molecule has 1 saturated heterocycles. The summed E-state index contributed by atoms with van der Waals surface area (Å²) in [6, 6.07) is 2.01. The molecule has 0 saturated carbocycles. The van der Waals surface area contributed by atoms with Gasteiger partial charge in [0.05, 0.1) is 18.6 Å². The number of aliphatic hydroxyl groups is 1. The van der Waals surface area contributed by atoms with E-state index in [1.807, 2.05) is 6.07 Å². The number of aliphatic hydroxyl groups excluding tert-OH is 1. The average molecular weight is 237 g/mol. The summed E-state index contributed by atoms with van der Waals surface area (Å²) in [6.45, 7) is 9.70. The van der Waals surface area contributed by atoms with E-state index in [9.17, 15) is 5.11 Å². The highest BCUT2D eigenvalue weighted by atomic mass is 16.3. The van der Waals surface area contributed by atoms with Crippen molar-refractivity contribution >= 4 is 0 Å². The molecule has 3 heteroatoms. The molecule has 1 fully saturated rings. The van der Waals surface area contributed by atoms with E-state index in [1.165, 1.54) is 5.56 Å². The molecule has 0 radical (unpaired) electrons. The smallest absolute Gasteiger partial charge is 0.0947 e. The van der Waals surface area contributed by atoms with Gasteiger partial charge in [0.1, 0.15) is 0 Å². The van der Waals surface area contributed by atoms with Gasteiger partial charge < -0.3 is 9.52 Å². The number of furan rings is 1. The van der Waals surface area contributed by atoms with Gasteiger partial charge in [0.2, 0.25) is 0 Å². The number of piperidine rings is 1. The van der Waals surface area contributed by atoms with Crippen LogP contribution in [0.15, 0.2) is 23.0 Å². The molecular weight excluding hydrogens is 214 g/mol. The van der Waals surface area contributed by atoms with Crippen molar-refractivity contribution in [3.05, 3.63) is 24.2 Å². The van der Waals surface area contributed by atoms with Crippen LogP contribution in [-0.4, -0.2) is 27.2 Å². The van der Waals surface area contributed by atoms with Gasteiger partial charge in [0.25, 0.3) is 0 Å². The van der Waals surface area contributed by atoms with Crippen LogP contribution < -0.4 is 0 Å². The van der Waals surface area contributed by atoms with Gasteiger partial charge in [-0.25, -0.2) is 0 Å². The van der Waals surface area contributed by atoms with E-state index in [0.717, 1.165) is 19.4 Å². The molecule has 1 N–H and O–H groups in total. The molecule has 0 spiro atoms. The predicted molar refractivity (Wildman–Crippen MR) is 67.6 cm³/mol. The molecule has 96 valence electrons. The molecule has 0 unspecified atom stereocenters. The zero-order valence-electron chi connectivity index (χ0n) is 11.2. The zero-order valence-corrected chi connectivity index (χ0v) is 11.2. The standard InChI is InChI=1S/C14H23NO2/c1-13(2)7-12(16)8-14(3,4)15(13)9-11-5-6-17-10-11/h5-6,10,12,16H,7-9H2,1-4H3. The summed E-state index contributed by atoms with van der Waals surface area (Å²) in [5, 5.41) is 9.98. The van der Waals surface area contributed by atoms with E-state index < -0.39 is 0 Å². The third kappa shape index (κ3) is 2.55. The Hall–Kier alpha value is -0.800. The maximum absolute atomic E-state index is 9.98. The number of hydrogen-bond donors (Lipinski definition) is 1. The second-order valence-corrected chi connectivity index (χ2v) is 6.40. The van der Waals surface area contributed by atoms with Crippen molar-refractivity contribution in [3.8, 4) is 0 Å². The molecule has 1 aliphatic heterocycles. The van der Waals surface area contributed by atoms with Crippen LogP contribution in [0.4, 0.5) is 0 Å². The number of nitrogens with zero attached hydrogens (tertiary/aromatic N) is 1. The Morgan fingerprint density at radius 2 is 1.88 bits per heavy atom. The van der Waals surface area contributed by atoms with E-state index in [0.29, 0.717) is 0 Å². The molecular formula is C14H23NO2. The molecule has 3 nitrogen and oxygen atoms in total. The van der Waals surface area contributed by atoms with Crippen LogP contribution in [0.2, 0.25) is 0 Å². The van der Waals surface area contributed by atoms with E-state index >= 15 is 0 Å². The largest absolute Gasteiger partial charge is 0.472 e. The Balaban J connectivity index is 2.22. The molecule has 0 aliphatic carbocycles. The molecule has 1 aromatic heterocycles. The van der Waals surface area contributed by atoms with Crippen LogP contribution in [0, 0.1) is 0 Å². The summed E-state index contributed by atoms with van der Waals surface area (Å²) in [5.74, 6) is 0. The van der Waals surface area contributed by atoms with Gasteiger partial charge in [-0.05, 0) is 46.6 Å². The van der Waals surface area contributed by atoms with Gasteiger partial charge in [-0.3, -0.25) is 4.90 Å². The van der Waals surface area contributed by atoms with Gasteiger partial charge in [0.15, 0.2) is 0 Å². The summed E-state index contributed by atoms with van der Waals surface area (Å²) in [5.41, 5.74) is 1.22. The molecule has 0 aromatic carbocycles. The first kappa shape index (κ1) is 12.7. The van der Waals surface area contributed by atoms with Crippen LogP contribution in [-0.2, 0) is 6.54 Å². The van der Waals surface area contributed by atoms with Gasteiger partial charge in [-0.1, -0.05) is 0 Å². The summed E-state index contributed by atoms with van der Waals surface area (Å²) >= 11 is 0. The monoisotopic (exact) mass is 237 g/mol. The van der Waals surface area contributed by atoms with Crippen molar-refractivity contribution in [3.63, 3.8) is 0 Å². The molecule has 1 aromatic rings. The number of likely N-dealkylation sites (tertiary alicyclic amines) is 1. The van der Waals surface area contributed by atoms with Crippen molar-refractivity contribution in [1.82, 2.24) is 4.90 Å². The fraction of sp³-hybridized carbons (Fsp3) is 0.714. The SMILES string of the molecule is CC1(C)CC(O)CC(C)(C)N1Cc1ccoc1. The lowest BCUT2D eigenvalue weighted by Gasteiger charge is -2.54. The minimum Gasteiger partial charge on any atom is -0.472 e. The van der Waals surface area contributed by atoms with E-state index in [2.05, 4.69) is 32.6 Å². The molecule has 0 atom stereocenters. The molecule has 0 bridgehead atoms. The van der Waals surface area contributed by atoms with Crippen molar-refractivity contribution in [2.75, 3.05) is 0 Å². The lowest BCUT2D eigenvalue weighted by atomic mass is 9.78. The third-order valence-electron chi connectivity index (χ3n) is 3.85. The summed E-state index contributed by atoms with van der Waals surface area (Å²) < 4.78 is 5.14. The van der Waals surface area contributed by atoms with Crippen LogP contribution in [0.1, 0.15) is 46.1 Å². The Morgan fingerprint density at radius 3 is 2.35 bits per heavy atom. The molecule has 2 heterocycles. The summed E-state index contributed by atoms with van der Waals surface area (Å²) in [4.78, 5) is 2.47. The van der Waals surface area contributed by atoms with Crippen molar-refractivity contribution in [1.29, 1.82) is 0 Å². The Morgan fingerprint density at radius 1 is 1.29 bits per heavy atom. The fourth-order valence-corrected chi connectivity index (χ4v) is 3.26. The van der Waals surface area contributed by atoms with Crippen LogP contribution in [0.3, 0.4) is 0 Å². The quantitative estimate of drug-likeness (QED) is 0.859. The first-order valence-corrected chi connectivity index (χ1v) is 6.28. The average Bonchev–Trinajstić information content (AvgIpc) is 2.61. The van der Waals surface area contributed by atoms with Crippen molar-refractivity contribution in [2.45, 2.75) is 64.3 Å². The lowest BCUT2D eigenvalue weighted by molar-refractivity contribution is -0.0860. The minimum atomic E-state index is -0.194. The normalized spacial score (nSPS) is 25.0. The molecule has 2 rings (SSSR count). The minimum absolute atomic E-state index is 0.0123. The summed E-state index contributed by atoms with van der Waals surface area (Å²) in [7, 11) is 0. The van der Waals surface area contributed by atoms with Crippen molar-refractivity contribution in [2.24, 2.45) is 0 Å². The first-order chi connectivity index (χ1) is 7.81. The van der Waals surface area contributed by atoms with Crippen LogP contribution in [0.5, 0.6) is 0 Å². The van der Waals surface area contributed by atoms with E-state index in [4.69, 9.17) is 4.42 Å². The molecule has 1 aliphatic rings. The first-order valence-electron chi connectivity index (χ1n) is 6.28. The Labute approximate surface area is 103 Å². The van der Waals surface area contributed by atoms with Crippen LogP contribution >= 0.6 is 0 Å². The predicted octanol–water partition coefficient (Wildman–Crippen LogP) is 2.79. The molecule has 0 amide bonds. The maximum Gasteiger partial charge on any atom is 0.0947 e. The van der Waals surface area contributed by atoms with Gasteiger partial charge in [0, 0.05) is 23.2 Å². The maximum atomic E-state index is 9.98. The van der Waals surface area contributed by atoms with Gasteiger partial charge >= 0.3 is 0 Å². The highest BCUT2D eigenvalue weighted by molar-refractivity contribution is 5.09. The number of rotatable bonds is 2. The molecule has 17 heavy (non-hydrogen) atoms. The zero-order chi connectivity index (χ0) is 12.7. The van der Waals surface area contributed by atoms with Crippen molar-refractivity contribution < 1.29 is 9.52 Å². The van der Waals surface area contributed by atoms with Gasteiger partial charge in [-0.2, -0.15) is 0 Å². The second-order valence-electron chi connectivity index (χ2n) is 6.40. The van der Waals surface area contributed by atoms with E-state index in [-0.39, 0.29) is 17.2 Å². The third-order valence-corrected chi connectivity index (χ3v) is 3.85. The highest BCUT2D eigenvalue weighted by Gasteiger charge is 2.44. The second kappa shape index (κ2) is 4.14. The Bertz CT molecular complexity index is 350. The summed E-state index contributed by atoms with van der Waals surface area (Å²) in [6.07, 6.45) is 4.98. The highest BCUT2D eigenvalue weighted by Crippen LogP contribution is 2.39. The van der Waals surface area contributed by atoms with E-state index in [1.54, 1.807) is 12.5 Å². The lowest BCUT2D eigenvalue weighted by Crippen LogP contribution is -2.61. The van der Waals surface area contributed by atoms with Gasteiger partial charge in [-0.15, -0.1) is 0 Å². The Kier molecular flexibility index (Phi) is 3.08. The fourth-order valence-electron chi connectivity index (χ4n) is 3.26. The topological polar surface area (TPSA) is 36.6 Å². The van der Waals surface area contributed by atoms with Crippen LogP contribution in [0.25, 0.3) is 0 Å².